The van der Waals surface area contributed by atoms with Crippen molar-refractivity contribution in [3.05, 3.63) is 29.3 Å². The van der Waals surface area contributed by atoms with E-state index in [0.717, 1.165) is 0 Å². The molecule has 0 aliphatic carbocycles. The summed E-state index contributed by atoms with van der Waals surface area (Å²) in [5.41, 5.74) is 2.60. The molecule has 1 aromatic rings. The van der Waals surface area contributed by atoms with Crippen LogP contribution in [-0.4, -0.2) is 0 Å². The highest BCUT2D eigenvalue weighted by Crippen LogP contribution is 2.23. The summed E-state index contributed by atoms with van der Waals surface area (Å²) in [7, 11) is 1.49. The van der Waals surface area contributed by atoms with E-state index in [4.69, 9.17) is 0 Å². The average molecular weight is 170 g/mol. The van der Waals surface area contributed by atoms with E-state index in [0.29, 0.717) is 0 Å². The second kappa shape index (κ2) is 3.35. The fourth-order valence-electron chi connectivity index (χ4n) is 0.986. The molecule has 0 bridgehead atoms. The van der Waals surface area contributed by atoms with Crippen molar-refractivity contribution >= 4 is 22.5 Å². The second-order valence-electron chi connectivity index (χ2n) is 2.41. The third-order valence-electron chi connectivity index (χ3n) is 1.30. The van der Waals surface area contributed by atoms with Gasteiger partial charge in [0.15, 0.2) is 0 Å². The van der Waals surface area contributed by atoms with Crippen LogP contribution in [0, 0.1) is 13.8 Å². The van der Waals surface area contributed by atoms with Crippen LogP contribution in [0.25, 0.3) is 0 Å². The molecule has 10 heavy (non-hydrogen) atoms. The summed E-state index contributed by atoms with van der Waals surface area (Å²) in [5.74, 6) is 0. The van der Waals surface area contributed by atoms with E-state index in [1.807, 2.05) is 0 Å². The first kappa shape index (κ1) is 8.02. The maximum absolute atomic E-state index is 4.12. The van der Waals surface area contributed by atoms with Crippen molar-refractivity contribution in [3.63, 3.8) is 0 Å². The Morgan fingerprint density at radius 1 is 1.10 bits per heavy atom. The summed E-state index contributed by atoms with van der Waals surface area (Å²) < 4.78 is 0. The molecule has 2 heteroatoms. The van der Waals surface area contributed by atoms with E-state index in [-0.39, 0.29) is 0 Å². The predicted molar refractivity (Wildman–Crippen MR) is 50.8 cm³/mol. The molecule has 0 saturated carbocycles. The number of rotatable bonds is 1. The Bertz CT molecular complexity index is 210. The standard InChI is InChI=1S/C8H10S2/c1-6-3-7(2)5-8(4-6)10-9/h3-5,9H,1-2H3. The van der Waals surface area contributed by atoms with E-state index < -0.39 is 0 Å². The smallest absolute Gasteiger partial charge is 0.0185 e. The van der Waals surface area contributed by atoms with E-state index in [1.165, 1.54) is 26.8 Å². The highest BCUT2D eigenvalue weighted by atomic mass is 33.1. The highest BCUT2D eigenvalue weighted by Gasteiger charge is 1.92. The molecule has 0 atom stereocenters. The molecular weight excluding hydrogens is 160 g/mol. The lowest BCUT2D eigenvalue weighted by atomic mass is 10.2. The molecule has 0 heterocycles. The monoisotopic (exact) mass is 170 g/mol. The Morgan fingerprint density at radius 3 is 2.00 bits per heavy atom. The summed E-state index contributed by atoms with van der Waals surface area (Å²) >= 11 is 4.12. The molecule has 0 spiro atoms. The molecule has 0 amide bonds. The minimum absolute atomic E-state index is 1.22. The fourth-order valence-corrected chi connectivity index (χ4v) is 1.78. The van der Waals surface area contributed by atoms with Crippen molar-refractivity contribution in [2.45, 2.75) is 18.7 Å². The van der Waals surface area contributed by atoms with E-state index in [9.17, 15) is 0 Å². The maximum atomic E-state index is 4.12. The van der Waals surface area contributed by atoms with Crippen molar-refractivity contribution in [1.29, 1.82) is 0 Å². The molecule has 54 valence electrons. The zero-order valence-corrected chi connectivity index (χ0v) is 7.80. The summed E-state index contributed by atoms with van der Waals surface area (Å²) in [4.78, 5) is 1.22. The maximum Gasteiger partial charge on any atom is 0.0185 e. The van der Waals surface area contributed by atoms with Gasteiger partial charge in [-0.1, -0.05) is 16.9 Å². The number of thiol groups is 1. The number of hydrogen-bond acceptors (Lipinski definition) is 2. The minimum atomic E-state index is 1.22. The van der Waals surface area contributed by atoms with Gasteiger partial charge in [-0.25, -0.2) is 0 Å². The number of aryl methyl sites for hydroxylation is 2. The Balaban J connectivity index is 3.06. The Labute approximate surface area is 70.8 Å². The summed E-state index contributed by atoms with van der Waals surface area (Å²) in [5, 5.41) is 0. The zero-order valence-electron chi connectivity index (χ0n) is 6.09. The van der Waals surface area contributed by atoms with E-state index in [2.05, 4.69) is 43.7 Å². The van der Waals surface area contributed by atoms with Crippen LogP contribution < -0.4 is 0 Å². The molecule has 0 N–H and O–H groups in total. The summed E-state index contributed by atoms with van der Waals surface area (Å²) in [6, 6.07) is 6.42. The van der Waals surface area contributed by atoms with Crippen LogP contribution in [0.4, 0.5) is 0 Å². The van der Waals surface area contributed by atoms with Crippen LogP contribution in [0.3, 0.4) is 0 Å². The molecule has 0 unspecified atom stereocenters. The minimum Gasteiger partial charge on any atom is -0.106 e. The first-order chi connectivity index (χ1) is 4.72. The average Bonchev–Trinajstić information content (AvgIpc) is 1.85. The van der Waals surface area contributed by atoms with Gasteiger partial charge < -0.3 is 0 Å². The first-order valence-electron chi connectivity index (χ1n) is 3.12. The van der Waals surface area contributed by atoms with Gasteiger partial charge in [0.1, 0.15) is 0 Å². The van der Waals surface area contributed by atoms with Crippen molar-refractivity contribution < 1.29 is 0 Å². The Morgan fingerprint density at radius 2 is 1.60 bits per heavy atom. The van der Waals surface area contributed by atoms with E-state index >= 15 is 0 Å². The summed E-state index contributed by atoms with van der Waals surface area (Å²) in [6.07, 6.45) is 0. The highest BCUT2D eigenvalue weighted by molar-refractivity contribution is 8.68. The van der Waals surface area contributed by atoms with Crippen LogP contribution in [0.5, 0.6) is 0 Å². The molecule has 0 saturated heterocycles. The van der Waals surface area contributed by atoms with Crippen molar-refractivity contribution in [3.8, 4) is 0 Å². The van der Waals surface area contributed by atoms with Gasteiger partial charge in [-0.15, -0.1) is 11.7 Å². The van der Waals surface area contributed by atoms with Gasteiger partial charge in [0, 0.05) is 4.90 Å². The first-order valence-corrected chi connectivity index (χ1v) is 4.99. The van der Waals surface area contributed by atoms with Gasteiger partial charge in [0.05, 0.1) is 0 Å². The van der Waals surface area contributed by atoms with E-state index in [1.54, 1.807) is 0 Å². The third-order valence-corrected chi connectivity index (χ3v) is 2.38. The largest absolute Gasteiger partial charge is 0.106 e. The van der Waals surface area contributed by atoms with Crippen LogP contribution in [0.2, 0.25) is 0 Å². The topological polar surface area (TPSA) is 0 Å². The van der Waals surface area contributed by atoms with Gasteiger partial charge in [0.2, 0.25) is 0 Å². The molecule has 0 aliphatic rings. The number of hydrogen-bond donors (Lipinski definition) is 1. The van der Waals surface area contributed by atoms with Crippen molar-refractivity contribution in [2.24, 2.45) is 0 Å². The zero-order chi connectivity index (χ0) is 7.56. The quantitative estimate of drug-likeness (QED) is 0.498. The number of benzene rings is 1. The molecular formula is C8H10S2. The van der Waals surface area contributed by atoms with Crippen LogP contribution in [-0.2, 0) is 0 Å². The normalized spacial score (nSPS) is 9.90. The van der Waals surface area contributed by atoms with Gasteiger partial charge in [0.25, 0.3) is 0 Å². The van der Waals surface area contributed by atoms with Crippen LogP contribution in [0.15, 0.2) is 23.1 Å². The van der Waals surface area contributed by atoms with Gasteiger partial charge in [-0.05, 0) is 37.1 Å². The van der Waals surface area contributed by atoms with Gasteiger partial charge in [-0.3, -0.25) is 0 Å². The second-order valence-corrected chi connectivity index (χ2v) is 3.62. The Hall–Kier alpha value is -0.0800. The van der Waals surface area contributed by atoms with Crippen molar-refractivity contribution in [1.82, 2.24) is 0 Å². The van der Waals surface area contributed by atoms with Crippen LogP contribution >= 0.6 is 22.5 Å². The fraction of sp³-hybridized carbons (Fsp3) is 0.250. The Kier molecular flexibility index (Phi) is 2.69. The molecule has 1 aromatic carbocycles. The molecule has 0 radical (unpaired) electrons. The predicted octanol–water partition coefficient (Wildman–Crippen LogP) is 3.24. The molecule has 1 rings (SSSR count). The van der Waals surface area contributed by atoms with Crippen molar-refractivity contribution in [2.75, 3.05) is 0 Å². The lowest BCUT2D eigenvalue weighted by molar-refractivity contribution is 1.30. The SMILES string of the molecule is Cc1cc(C)cc(SS)c1. The molecule has 0 nitrogen and oxygen atoms in total. The lowest BCUT2D eigenvalue weighted by Gasteiger charge is -1.99. The molecule has 0 aliphatic heterocycles. The lowest BCUT2D eigenvalue weighted by Crippen LogP contribution is -1.76. The summed E-state index contributed by atoms with van der Waals surface area (Å²) in [6.45, 7) is 4.20. The van der Waals surface area contributed by atoms with Gasteiger partial charge in [-0.2, -0.15) is 0 Å². The molecule has 0 aromatic heterocycles. The third kappa shape index (κ3) is 1.96. The van der Waals surface area contributed by atoms with Crippen LogP contribution in [0.1, 0.15) is 11.1 Å². The molecule has 0 fully saturated rings. The van der Waals surface area contributed by atoms with Gasteiger partial charge >= 0.3 is 0 Å².